The molecule has 0 aliphatic heterocycles. The molecule has 0 aromatic carbocycles. The van der Waals surface area contributed by atoms with Gasteiger partial charge in [-0.2, -0.15) is 0 Å². The molecule has 0 amide bonds. The number of rotatable bonds is 2. The minimum Gasteiger partial charge on any atom is -0.512 e. The van der Waals surface area contributed by atoms with E-state index in [0.29, 0.717) is 34.7 Å². The van der Waals surface area contributed by atoms with Crippen LogP contribution in [-0.4, -0.2) is 24.1 Å². The van der Waals surface area contributed by atoms with Gasteiger partial charge in [0.05, 0.1) is 11.9 Å². The predicted molar refractivity (Wildman–Crippen MR) is 98.2 cm³/mol. The zero-order valence-corrected chi connectivity index (χ0v) is 16.3. The number of hydrogen-bond acceptors (Lipinski definition) is 3. The first-order valence-electron chi connectivity index (χ1n) is 10.3. The molecule has 7 atom stereocenters. The third-order valence-corrected chi connectivity index (χ3v) is 9.03. The van der Waals surface area contributed by atoms with Crippen molar-refractivity contribution in [1.29, 1.82) is 0 Å². The van der Waals surface area contributed by atoms with Crippen molar-refractivity contribution < 1.29 is 14.6 Å². The van der Waals surface area contributed by atoms with E-state index in [0.717, 1.165) is 24.7 Å². The zero-order valence-electron chi connectivity index (χ0n) is 16.3. The van der Waals surface area contributed by atoms with E-state index in [2.05, 4.69) is 13.8 Å². The van der Waals surface area contributed by atoms with Gasteiger partial charge in [0.1, 0.15) is 0 Å². The summed E-state index contributed by atoms with van der Waals surface area (Å²) in [7, 11) is 1.89. The number of carbonyl (C=O) groups excluding carboxylic acids is 1. The SMILES string of the molecule is COC1CC[C@H]2[C@@H]3CCC4CC(O)=C(C(C)=O)C[C@]4(C)[C@@H]3CC[C@]12C. The van der Waals surface area contributed by atoms with Gasteiger partial charge in [0.25, 0.3) is 0 Å². The first-order chi connectivity index (χ1) is 11.8. The van der Waals surface area contributed by atoms with Crippen molar-refractivity contribution in [2.45, 2.75) is 78.2 Å². The largest absolute Gasteiger partial charge is 0.512 e. The highest BCUT2D eigenvalue weighted by Crippen LogP contribution is 2.66. The number of aliphatic hydroxyl groups is 1. The zero-order chi connectivity index (χ0) is 18.0. The van der Waals surface area contributed by atoms with E-state index in [9.17, 15) is 9.90 Å². The first kappa shape index (κ1) is 17.6. The lowest BCUT2D eigenvalue weighted by molar-refractivity contribution is -0.124. The maximum absolute atomic E-state index is 12.1. The summed E-state index contributed by atoms with van der Waals surface area (Å²) in [6, 6.07) is 0. The van der Waals surface area contributed by atoms with Crippen LogP contribution in [0.3, 0.4) is 0 Å². The fourth-order valence-corrected chi connectivity index (χ4v) is 7.65. The summed E-state index contributed by atoms with van der Waals surface area (Å²) in [6.45, 7) is 6.51. The Kier molecular flexibility index (Phi) is 4.10. The summed E-state index contributed by atoms with van der Waals surface area (Å²) in [5.41, 5.74) is 1.24. The van der Waals surface area contributed by atoms with Gasteiger partial charge in [-0.15, -0.1) is 0 Å². The normalized spacial score (nSPS) is 49.4. The molecule has 0 spiro atoms. The van der Waals surface area contributed by atoms with Gasteiger partial charge in [-0.3, -0.25) is 4.79 Å². The van der Waals surface area contributed by atoms with Crippen LogP contribution in [0, 0.1) is 34.5 Å². The molecule has 3 fully saturated rings. The van der Waals surface area contributed by atoms with E-state index >= 15 is 0 Å². The highest BCUT2D eigenvalue weighted by molar-refractivity contribution is 5.94. The van der Waals surface area contributed by atoms with Crippen molar-refractivity contribution in [1.82, 2.24) is 0 Å². The Bertz CT molecular complexity index is 608. The van der Waals surface area contributed by atoms with Gasteiger partial charge in [-0.1, -0.05) is 13.8 Å². The molecule has 3 heteroatoms. The van der Waals surface area contributed by atoms with Gasteiger partial charge < -0.3 is 9.84 Å². The number of ketones is 1. The predicted octanol–water partition coefficient (Wildman–Crippen LogP) is 5.06. The topological polar surface area (TPSA) is 46.5 Å². The molecule has 0 saturated heterocycles. The Morgan fingerprint density at radius 1 is 1.08 bits per heavy atom. The van der Waals surface area contributed by atoms with Crippen LogP contribution in [0.1, 0.15) is 72.1 Å². The van der Waals surface area contributed by atoms with E-state index in [4.69, 9.17) is 4.74 Å². The van der Waals surface area contributed by atoms with Gasteiger partial charge in [-0.25, -0.2) is 0 Å². The molecule has 4 aliphatic rings. The van der Waals surface area contributed by atoms with Crippen LogP contribution in [0.25, 0.3) is 0 Å². The molecule has 4 rings (SSSR count). The number of aliphatic hydroxyl groups excluding tert-OH is 1. The van der Waals surface area contributed by atoms with Crippen molar-refractivity contribution >= 4 is 5.78 Å². The van der Waals surface area contributed by atoms with Crippen LogP contribution in [0.15, 0.2) is 11.3 Å². The van der Waals surface area contributed by atoms with Gasteiger partial charge in [0.15, 0.2) is 5.78 Å². The quantitative estimate of drug-likeness (QED) is 0.760. The van der Waals surface area contributed by atoms with Crippen LogP contribution in [-0.2, 0) is 9.53 Å². The smallest absolute Gasteiger partial charge is 0.159 e. The molecule has 3 nitrogen and oxygen atoms in total. The Hall–Kier alpha value is -0.830. The summed E-state index contributed by atoms with van der Waals surface area (Å²) in [6.07, 6.45) is 9.46. The number of Topliss-reactive ketones (excluding diaryl/α,β-unsaturated/α-hetero) is 1. The van der Waals surface area contributed by atoms with E-state index < -0.39 is 0 Å². The molecule has 0 aromatic heterocycles. The Morgan fingerprint density at radius 2 is 1.80 bits per heavy atom. The maximum atomic E-state index is 12.1. The molecule has 25 heavy (non-hydrogen) atoms. The number of hydrogen-bond donors (Lipinski definition) is 1. The number of allylic oxidation sites excluding steroid dienone is 2. The summed E-state index contributed by atoms with van der Waals surface area (Å²) in [4.78, 5) is 12.1. The van der Waals surface area contributed by atoms with Crippen LogP contribution in [0.2, 0.25) is 0 Å². The minimum absolute atomic E-state index is 0.0697. The average molecular weight is 347 g/mol. The molecular formula is C22H34O3. The molecule has 1 N–H and O–H groups in total. The Balaban J connectivity index is 1.65. The lowest BCUT2D eigenvalue weighted by Crippen LogP contribution is -2.53. The number of methoxy groups -OCH3 is 1. The average Bonchev–Trinajstić information content (AvgIpc) is 2.91. The second-order valence-corrected chi connectivity index (χ2v) is 9.87. The van der Waals surface area contributed by atoms with Crippen LogP contribution in [0.4, 0.5) is 0 Å². The van der Waals surface area contributed by atoms with Crippen molar-refractivity contribution in [2.75, 3.05) is 7.11 Å². The molecule has 0 aromatic rings. The second kappa shape index (κ2) is 5.84. The summed E-state index contributed by atoms with van der Waals surface area (Å²) >= 11 is 0. The van der Waals surface area contributed by atoms with Crippen LogP contribution in [0.5, 0.6) is 0 Å². The maximum Gasteiger partial charge on any atom is 0.159 e. The molecule has 3 saturated carbocycles. The van der Waals surface area contributed by atoms with Crippen molar-refractivity contribution in [3.63, 3.8) is 0 Å². The number of ether oxygens (including phenoxy) is 1. The molecule has 4 aliphatic carbocycles. The summed E-state index contributed by atoms with van der Waals surface area (Å²) in [5, 5.41) is 10.4. The highest BCUT2D eigenvalue weighted by Gasteiger charge is 2.60. The van der Waals surface area contributed by atoms with Crippen molar-refractivity contribution in [3.05, 3.63) is 11.3 Å². The lowest BCUT2D eigenvalue weighted by Gasteiger charge is -2.60. The third kappa shape index (κ3) is 2.37. The fraction of sp³-hybridized carbons (Fsp3) is 0.864. The van der Waals surface area contributed by atoms with Crippen molar-refractivity contribution in [3.8, 4) is 0 Å². The molecular weight excluding hydrogens is 312 g/mol. The van der Waals surface area contributed by atoms with E-state index in [1.165, 1.54) is 38.5 Å². The number of fused-ring (bicyclic) bond motifs is 5. The molecule has 0 radical (unpaired) electrons. The van der Waals surface area contributed by atoms with E-state index in [1.54, 1.807) is 6.92 Å². The number of carbonyl (C=O) groups is 1. The van der Waals surface area contributed by atoms with Crippen molar-refractivity contribution in [2.24, 2.45) is 34.5 Å². The molecule has 2 unspecified atom stereocenters. The Labute approximate surface area is 152 Å². The van der Waals surface area contributed by atoms with Gasteiger partial charge in [-0.05, 0) is 86.4 Å². The summed E-state index contributed by atoms with van der Waals surface area (Å²) in [5.74, 6) is 3.24. The van der Waals surface area contributed by atoms with Gasteiger partial charge in [0, 0.05) is 19.1 Å². The lowest BCUT2D eigenvalue weighted by atomic mass is 9.45. The Morgan fingerprint density at radius 3 is 2.48 bits per heavy atom. The minimum atomic E-state index is 0.0697. The molecule has 140 valence electrons. The van der Waals surface area contributed by atoms with Gasteiger partial charge in [0.2, 0.25) is 0 Å². The van der Waals surface area contributed by atoms with Crippen LogP contribution >= 0.6 is 0 Å². The van der Waals surface area contributed by atoms with E-state index in [1.807, 2.05) is 7.11 Å². The standard InChI is InChI=1S/C22H34O3/c1-13(23)16-12-22(3)14(11-19(16)24)5-6-15-17-7-8-20(25-4)21(17,2)10-9-18(15)22/h14-15,17-18,20,24H,5-12H2,1-4H3/t14?,15-,17-,18+,20?,21-,22-/m0/s1. The van der Waals surface area contributed by atoms with Crippen LogP contribution < -0.4 is 0 Å². The third-order valence-electron chi connectivity index (χ3n) is 9.03. The second-order valence-electron chi connectivity index (χ2n) is 9.87. The van der Waals surface area contributed by atoms with Gasteiger partial charge >= 0.3 is 0 Å². The molecule has 0 bridgehead atoms. The fourth-order valence-electron chi connectivity index (χ4n) is 7.65. The molecule has 0 heterocycles. The highest BCUT2D eigenvalue weighted by atomic mass is 16.5. The first-order valence-corrected chi connectivity index (χ1v) is 10.3. The monoisotopic (exact) mass is 346 g/mol. The van der Waals surface area contributed by atoms with E-state index in [-0.39, 0.29) is 11.2 Å². The summed E-state index contributed by atoms with van der Waals surface area (Å²) < 4.78 is 5.87.